The van der Waals surface area contributed by atoms with Crippen LogP contribution < -0.4 is 16.4 Å². The first-order valence-corrected chi connectivity index (χ1v) is 6.82. The van der Waals surface area contributed by atoms with E-state index in [0.717, 1.165) is 5.56 Å². The molecule has 1 rings (SSSR count). The Balaban J connectivity index is 2.32. The lowest BCUT2D eigenvalue weighted by molar-refractivity contribution is 0.0791. The van der Waals surface area contributed by atoms with Gasteiger partial charge in [0.2, 0.25) is 0 Å². The highest BCUT2D eigenvalue weighted by atomic mass is 19.3. The lowest BCUT2D eigenvalue weighted by atomic mass is 10.1. The third-order valence-corrected chi connectivity index (χ3v) is 2.83. The summed E-state index contributed by atoms with van der Waals surface area (Å²) in [6, 6.07) is 7.65. The van der Waals surface area contributed by atoms with E-state index in [4.69, 9.17) is 15.9 Å². The van der Waals surface area contributed by atoms with E-state index in [-0.39, 0.29) is 19.0 Å². The van der Waals surface area contributed by atoms with Crippen molar-refractivity contribution in [1.82, 2.24) is 10.6 Å². The molecule has 0 radical (unpaired) electrons. The van der Waals surface area contributed by atoms with Crippen LogP contribution in [0.1, 0.15) is 18.4 Å². The van der Waals surface area contributed by atoms with Gasteiger partial charge in [-0.3, -0.25) is 5.41 Å². The van der Waals surface area contributed by atoms with Crippen LogP contribution in [0.15, 0.2) is 30.3 Å². The Morgan fingerprint density at radius 3 is 2.59 bits per heavy atom. The van der Waals surface area contributed by atoms with Crippen molar-refractivity contribution in [2.24, 2.45) is 5.73 Å². The average molecular weight is 314 g/mol. The highest BCUT2D eigenvalue weighted by Crippen LogP contribution is 2.08. The van der Waals surface area contributed by atoms with E-state index in [1.807, 2.05) is 6.07 Å². The first-order valence-electron chi connectivity index (χ1n) is 6.82. The number of ether oxygens (including phenoxy) is 1. The topological polar surface area (TPSA) is 100 Å². The summed E-state index contributed by atoms with van der Waals surface area (Å²) in [6.07, 6.45) is -3.18. The SMILES string of the molecule is N=C(N)NCCCC(NC(=O)OCc1ccccc1)C(F)F. The second-order valence-electron chi connectivity index (χ2n) is 4.63. The van der Waals surface area contributed by atoms with E-state index in [2.05, 4.69) is 10.6 Å². The van der Waals surface area contributed by atoms with Gasteiger partial charge in [-0.25, -0.2) is 13.6 Å². The maximum Gasteiger partial charge on any atom is 0.407 e. The lowest BCUT2D eigenvalue weighted by Gasteiger charge is -2.17. The Kier molecular flexibility index (Phi) is 7.66. The van der Waals surface area contributed by atoms with Gasteiger partial charge in [0, 0.05) is 6.54 Å². The second-order valence-corrected chi connectivity index (χ2v) is 4.63. The third-order valence-electron chi connectivity index (χ3n) is 2.83. The molecule has 0 aliphatic heterocycles. The van der Waals surface area contributed by atoms with Crippen LogP contribution in [0.25, 0.3) is 0 Å². The van der Waals surface area contributed by atoms with Crippen LogP contribution in [0, 0.1) is 5.41 Å². The molecule has 1 amide bonds. The maximum absolute atomic E-state index is 12.9. The normalized spacial score (nSPS) is 11.8. The van der Waals surface area contributed by atoms with Gasteiger partial charge in [0.25, 0.3) is 6.43 Å². The van der Waals surface area contributed by atoms with E-state index in [1.54, 1.807) is 24.3 Å². The number of guanidine groups is 1. The summed E-state index contributed by atoms with van der Waals surface area (Å²) in [4.78, 5) is 11.5. The van der Waals surface area contributed by atoms with Crippen molar-refractivity contribution in [1.29, 1.82) is 5.41 Å². The molecule has 1 unspecified atom stereocenters. The highest BCUT2D eigenvalue weighted by molar-refractivity contribution is 5.74. The summed E-state index contributed by atoms with van der Waals surface area (Å²) in [5.41, 5.74) is 5.85. The van der Waals surface area contributed by atoms with Crippen LogP contribution in [0.4, 0.5) is 13.6 Å². The van der Waals surface area contributed by atoms with Crippen molar-refractivity contribution in [3.8, 4) is 0 Å². The number of nitrogens with one attached hydrogen (secondary N) is 3. The fraction of sp³-hybridized carbons (Fsp3) is 0.429. The maximum atomic E-state index is 12.9. The summed E-state index contributed by atoms with van der Waals surface area (Å²) < 4.78 is 30.6. The lowest BCUT2D eigenvalue weighted by Crippen LogP contribution is -2.41. The number of rotatable bonds is 8. The van der Waals surface area contributed by atoms with E-state index in [1.165, 1.54) is 0 Å². The Hall–Kier alpha value is -2.38. The molecule has 1 aromatic rings. The Morgan fingerprint density at radius 2 is 2.00 bits per heavy atom. The van der Waals surface area contributed by atoms with Gasteiger partial charge >= 0.3 is 6.09 Å². The van der Waals surface area contributed by atoms with E-state index < -0.39 is 18.6 Å². The van der Waals surface area contributed by atoms with Crippen LogP contribution in [0.5, 0.6) is 0 Å². The molecule has 0 spiro atoms. The van der Waals surface area contributed by atoms with Gasteiger partial charge in [-0.1, -0.05) is 30.3 Å². The van der Waals surface area contributed by atoms with Crippen LogP contribution in [-0.2, 0) is 11.3 Å². The van der Waals surface area contributed by atoms with Gasteiger partial charge in [0.1, 0.15) is 6.61 Å². The first kappa shape index (κ1) is 17.7. The monoisotopic (exact) mass is 314 g/mol. The minimum Gasteiger partial charge on any atom is -0.445 e. The Bertz CT molecular complexity index is 471. The van der Waals surface area contributed by atoms with Crippen molar-refractivity contribution in [3.05, 3.63) is 35.9 Å². The Morgan fingerprint density at radius 1 is 1.32 bits per heavy atom. The van der Waals surface area contributed by atoms with Crippen LogP contribution >= 0.6 is 0 Å². The number of nitrogens with two attached hydrogens (primary N) is 1. The zero-order chi connectivity index (χ0) is 16.4. The number of alkyl halides is 2. The van der Waals surface area contributed by atoms with Gasteiger partial charge < -0.3 is 21.1 Å². The van der Waals surface area contributed by atoms with Gasteiger partial charge in [0.05, 0.1) is 6.04 Å². The number of carbonyl (C=O) groups is 1. The number of alkyl carbamates (subject to hydrolysis) is 1. The number of amides is 1. The van der Waals surface area contributed by atoms with Crippen molar-refractivity contribution in [2.45, 2.75) is 31.9 Å². The van der Waals surface area contributed by atoms with Crippen molar-refractivity contribution in [3.63, 3.8) is 0 Å². The number of hydrogen-bond acceptors (Lipinski definition) is 3. The predicted molar refractivity (Wildman–Crippen MR) is 78.7 cm³/mol. The van der Waals surface area contributed by atoms with Crippen LogP contribution in [0.2, 0.25) is 0 Å². The number of carbonyl (C=O) groups excluding carboxylic acids is 1. The van der Waals surface area contributed by atoms with Gasteiger partial charge in [0.15, 0.2) is 5.96 Å². The minimum atomic E-state index is -2.69. The van der Waals surface area contributed by atoms with Gasteiger partial charge in [-0.2, -0.15) is 0 Å². The minimum absolute atomic E-state index is 0.0223. The third kappa shape index (κ3) is 7.41. The molecule has 122 valence electrons. The number of halogens is 2. The molecular formula is C14H20F2N4O2. The average Bonchev–Trinajstić information content (AvgIpc) is 2.48. The van der Waals surface area contributed by atoms with E-state index in [0.29, 0.717) is 13.0 Å². The fourth-order valence-electron chi connectivity index (χ4n) is 1.72. The van der Waals surface area contributed by atoms with Gasteiger partial charge in [-0.05, 0) is 18.4 Å². The summed E-state index contributed by atoms with van der Waals surface area (Å²) in [6.45, 7) is 0.313. The van der Waals surface area contributed by atoms with Crippen molar-refractivity contribution in [2.75, 3.05) is 6.54 Å². The molecule has 0 saturated heterocycles. The Labute approximate surface area is 127 Å². The van der Waals surface area contributed by atoms with E-state index in [9.17, 15) is 13.6 Å². The predicted octanol–water partition coefficient (Wildman–Crippen LogP) is 1.81. The summed E-state index contributed by atoms with van der Waals surface area (Å²) in [7, 11) is 0. The summed E-state index contributed by atoms with van der Waals surface area (Å²) in [5, 5.41) is 11.6. The number of benzene rings is 1. The summed E-state index contributed by atoms with van der Waals surface area (Å²) >= 11 is 0. The standard InChI is InChI=1S/C14H20F2N4O2/c15-12(16)11(7-4-8-19-13(17)18)20-14(21)22-9-10-5-2-1-3-6-10/h1-3,5-6,11-12H,4,7-9H2,(H,20,21)(H4,17,18,19). The smallest absolute Gasteiger partial charge is 0.407 e. The van der Waals surface area contributed by atoms with Gasteiger partial charge in [-0.15, -0.1) is 0 Å². The molecule has 8 heteroatoms. The molecule has 0 aliphatic carbocycles. The molecular weight excluding hydrogens is 294 g/mol. The molecule has 0 aliphatic rings. The molecule has 0 bridgehead atoms. The molecule has 1 atom stereocenters. The highest BCUT2D eigenvalue weighted by Gasteiger charge is 2.22. The molecule has 0 saturated carbocycles. The zero-order valence-electron chi connectivity index (χ0n) is 12.0. The fourth-order valence-corrected chi connectivity index (χ4v) is 1.72. The van der Waals surface area contributed by atoms with Crippen molar-refractivity contribution < 1.29 is 18.3 Å². The molecule has 0 heterocycles. The molecule has 5 N–H and O–H groups in total. The zero-order valence-corrected chi connectivity index (χ0v) is 12.0. The molecule has 0 fully saturated rings. The molecule has 1 aromatic carbocycles. The second kappa shape index (κ2) is 9.54. The summed E-state index contributed by atoms with van der Waals surface area (Å²) in [5.74, 6) is -0.219. The number of hydrogen-bond donors (Lipinski definition) is 4. The molecule has 22 heavy (non-hydrogen) atoms. The van der Waals surface area contributed by atoms with Crippen LogP contribution in [0.3, 0.4) is 0 Å². The molecule has 6 nitrogen and oxygen atoms in total. The largest absolute Gasteiger partial charge is 0.445 e. The quantitative estimate of drug-likeness (QED) is 0.334. The first-order chi connectivity index (χ1) is 10.5. The van der Waals surface area contributed by atoms with E-state index >= 15 is 0 Å². The van der Waals surface area contributed by atoms with Crippen LogP contribution in [-0.4, -0.2) is 31.1 Å². The molecule has 0 aromatic heterocycles. The van der Waals surface area contributed by atoms with Crippen molar-refractivity contribution >= 4 is 12.1 Å².